The predicted octanol–water partition coefficient (Wildman–Crippen LogP) is 2.05. The van der Waals surface area contributed by atoms with E-state index in [0.717, 1.165) is 32.7 Å². The second-order valence-corrected chi connectivity index (χ2v) is 7.17. The van der Waals surface area contributed by atoms with E-state index in [1.54, 1.807) is 29.0 Å². The molecule has 1 fully saturated rings. The van der Waals surface area contributed by atoms with Crippen LogP contribution >= 0.6 is 0 Å². The van der Waals surface area contributed by atoms with Crippen LogP contribution in [0.3, 0.4) is 0 Å². The molecule has 1 aliphatic rings. The van der Waals surface area contributed by atoms with Crippen molar-refractivity contribution in [3.05, 3.63) is 54.2 Å². The summed E-state index contributed by atoms with van der Waals surface area (Å²) in [6.45, 7) is 6.69. The van der Waals surface area contributed by atoms with Crippen LogP contribution < -0.4 is 4.90 Å². The molecule has 1 saturated heterocycles. The zero-order valence-corrected chi connectivity index (χ0v) is 16.6. The van der Waals surface area contributed by atoms with Crippen LogP contribution in [-0.2, 0) is 6.42 Å². The van der Waals surface area contributed by atoms with Gasteiger partial charge in [-0.15, -0.1) is 5.10 Å². The van der Waals surface area contributed by atoms with Crippen molar-refractivity contribution in [2.75, 3.05) is 37.6 Å². The summed E-state index contributed by atoms with van der Waals surface area (Å²) in [7, 11) is 0. The number of benzene rings is 1. The number of nitrogens with zero attached hydrogens (tertiary/aromatic N) is 8. The summed E-state index contributed by atoms with van der Waals surface area (Å²) in [5, 5.41) is 8.32. The number of fused-ring (bicyclic) bond motifs is 1. The van der Waals surface area contributed by atoms with E-state index in [2.05, 4.69) is 41.9 Å². The van der Waals surface area contributed by atoms with Gasteiger partial charge in [0.1, 0.15) is 5.82 Å². The maximum absolute atomic E-state index is 14.8. The molecule has 0 N–H and O–H groups in total. The molecule has 4 heterocycles. The molecular weight excluding hydrogens is 387 g/mol. The molecule has 154 valence electrons. The average Bonchev–Trinajstić information content (AvgIpc) is 3.40. The molecule has 0 amide bonds. The van der Waals surface area contributed by atoms with Crippen molar-refractivity contribution < 1.29 is 8.91 Å². The summed E-state index contributed by atoms with van der Waals surface area (Å²) in [5.74, 6) is 1.45. The first-order valence-electron chi connectivity index (χ1n) is 9.95. The molecular formula is C20H21FN8O. The van der Waals surface area contributed by atoms with Gasteiger partial charge in [0.25, 0.3) is 5.78 Å². The molecule has 0 bridgehead atoms. The molecule has 1 aromatic carbocycles. The highest BCUT2D eigenvalue weighted by Gasteiger charge is 2.20. The van der Waals surface area contributed by atoms with E-state index in [1.165, 1.54) is 6.07 Å². The van der Waals surface area contributed by atoms with Gasteiger partial charge < -0.3 is 14.3 Å². The standard InChI is InChI=1S/C20H21FN8O/c1-2-27-8-10-28(11-9-27)16-5-4-14(12-15(16)21)19-24-18(30-26-19)13-17-23-20-22-6-3-7-29(20)25-17/h3-7,12H,2,8-11,13H2,1H3. The van der Waals surface area contributed by atoms with Crippen LogP contribution in [-0.4, -0.2) is 67.3 Å². The van der Waals surface area contributed by atoms with Crippen LogP contribution in [0.5, 0.6) is 0 Å². The van der Waals surface area contributed by atoms with Crippen molar-refractivity contribution in [3.63, 3.8) is 0 Å². The number of piperazine rings is 1. The van der Waals surface area contributed by atoms with E-state index >= 15 is 0 Å². The second-order valence-electron chi connectivity index (χ2n) is 7.17. The number of halogens is 1. The van der Waals surface area contributed by atoms with Crippen molar-refractivity contribution in [2.24, 2.45) is 0 Å². The van der Waals surface area contributed by atoms with Crippen LogP contribution in [0.1, 0.15) is 18.6 Å². The zero-order valence-electron chi connectivity index (χ0n) is 16.6. The van der Waals surface area contributed by atoms with Gasteiger partial charge in [0.15, 0.2) is 5.82 Å². The Bertz CT molecular complexity index is 1130. The Labute approximate surface area is 172 Å². The lowest BCUT2D eigenvalue weighted by molar-refractivity contribution is 0.270. The van der Waals surface area contributed by atoms with Gasteiger partial charge in [0.05, 0.1) is 12.1 Å². The molecule has 3 aromatic heterocycles. The molecule has 0 aliphatic carbocycles. The van der Waals surface area contributed by atoms with Gasteiger partial charge in [-0.25, -0.2) is 13.9 Å². The molecule has 5 rings (SSSR count). The van der Waals surface area contributed by atoms with Gasteiger partial charge in [-0.3, -0.25) is 0 Å². The molecule has 0 saturated carbocycles. The molecule has 1 aliphatic heterocycles. The van der Waals surface area contributed by atoms with Gasteiger partial charge in [-0.2, -0.15) is 9.97 Å². The highest BCUT2D eigenvalue weighted by molar-refractivity contribution is 5.61. The molecule has 0 radical (unpaired) electrons. The van der Waals surface area contributed by atoms with Crippen molar-refractivity contribution in [3.8, 4) is 11.4 Å². The van der Waals surface area contributed by atoms with Crippen molar-refractivity contribution >= 4 is 11.5 Å². The van der Waals surface area contributed by atoms with E-state index in [9.17, 15) is 4.39 Å². The number of anilines is 1. The zero-order chi connectivity index (χ0) is 20.5. The third-order valence-corrected chi connectivity index (χ3v) is 5.30. The third-order valence-electron chi connectivity index (χ3n) is 5.30. The SMILES string of the molecule is CCN1CCN(c2ccc(-c3noc(Cc4nc5ncccn5n4)n3)cc2F)CC1. The Morgan fingerprint density at radius 3 is 2.77 bits per heavy atom. The topological polar surface area (TPSA) is 88.5 Å². The van der Waals surface area contributed by atoms with E-state index in [4.69, 9.17) is 4.52 Å². The predicted molar refractivity (Wildman–Crippen MR) is 108 cm³/mol. The fourth-order valence-corrected chi connectivity index (χ4v) is 3.64. The summed E-state index contributed by atoms with van der Waals surface area (Å²) < 4.78 is 21.7. The fourth-order valence-electron chi connectivity index (χ4n) is 3.64. The first-order valence-corrected chi connectivity index (χ1v) is 9.95. The summed E-state index contributed by atoms with van der Waals surface area (Å²) in [4.78, 5) is 17.3. The fraction of sp³-hybridized carbons (Fsp3) is 0.350. The number of likely N-dealkylation sites (N-methyl/N-ethyl adjacent to an activating group) is 1. The minimum absolute atomic E-state index is 0.276. The van der Waals surface area contributed by atoms with E-state index in [0.29, 0.717) is 34.6 Å². The number of rotatable bonds is 5. The number of hydrogen-bond donors (Lipinski definition) is 0. The van der Waals surface area contributed by atoms with E-state index in [1.807, 2.05) is 6.07 Å². The number of aromatic nitrogens is 6. The third kappa shape index (κ3) is 3.61. The highest BCUT2D eigenvalue weighted by atomic mass is 19.1. The van der Waals surface area contributed by atoms with Crippen molar-refractivity contribution in [1.82, 2.24) is 34.6 Å². The normalized spacial score (nSPS) is 15.2. The molecule has 30 heavy (non-hydrogen) atoms. The van der Waals surface area contributed by atoms with Crippen LogP contribution in [0.15, 0.2) is 41.2 Å². The quantitative estimate of drug-likeness (QED) is 0.496. The molecule has 0 unspecified atom stereocenters. The smallest absolute Gasteiger partial charge is 0.252 e. The summed E-state index contributed by atoms with van der Waals surface area (Å²) in [6, 6.07) is 6.85. The van der Waals surface area contributed by atoms with Gasteiger partial charge in [0, 0.05) is 44.1 Å². The minimum atomic E-state index is -0.281. The monoisotopic (exact) mass is 408 g/mol. The maximum atomic E-state index is 14.8. The lowest BCUT2D eigenvalue weighted by Gasteiger charge is -2.35. The summed E-state index contributed by atoms with van der Waals surface area (Å²) in [5.41, 5.74) is 1.18. The lowest BCUT2D eigenvalue weighted by Crippen LogP contribution is -2.46. The average molecular weight is 408 g/mol. The highest BCUT2D eigenvalue weighted by Crippen LogP contribution is 2.26. The van der Waals surface area contributed by atoms with Crippen LogP contribution in [0.2, 0.25) is 0 Å². The summed E-state index contributed by atoms with van der Waals surface area (Å²) in [6.07, 6.45) is 3.70. The first-order chi connectivity index (χ1) is 14.7. The van der Waals surface area contributed by atoms with E-state index < -0.39 is 0 Å². The molecule has 4 aromatic rings. The number of hydrogen-bond acceptors (Lipinski definition) is 8. The largest absolute Gasteiger partial charge is 0.367 e. The van der Waals surface area contributed by atoms with Gasteiger partial charge in [-0.05, 0) is 30.8 Å². The van der Waals surface area contributed by atoms with Crippen molar-refractivity contribution in [1.29, 1.82) is 0 Å². The molecule has 0 atom stereocenters. The maximum Gasteiger partial charge on any atom is 0.252 e. The second kappa shape index (κ2) is 7.79. The van der Waals surface area contributed by atoms with E-state index in [-0.39, 0.29) is 12.2 Å². The Hall–Kier alpha value is -3.40. The summed E-state index contributed by atoms with van der Waals surface area (Å²) >= 11 is 0. The minimum Gasteiger partial charge on any atom is -0.367 e. The molecule has 9 nitrogen and oxygen atoms in total. The van der Waals surface area contributed by atoms with Crippen molar-refractivity contribution in [2.45, 2.75) is 13.3 Å². The Kier molecular flexibility index (Phi) is 4.83. The molecule has 0 spiro atoms. The van der Waals surface area contributed by atoms with Crippen LogP contribution in [0, 0.1) is 5.82 Å². The van der Waals surface area contributed by atoms with Crippen LogP contribution in [0.4, 0.5) is 10.1 Å². The van der Waals surface area contributed by atoms with Crippen LogP contribution in [0.25, 0.3) is 17.2 Å². The van der Waals surface area contributed by atoms with Gasteiger partial charge >= 0.3 is 0 Å². The Morgan fingerprint density at radius 2 is 2.00 bits per heavy atom. The Morgan fingerprint density at radius 1 is 1.13 bits per heavy atom. The van der Waals surface area contributed by atoms with Gasteiger partial charge in [0.2, 0.25) is 11.7 Å². The first kappa shape index (κ1) is 18.6. The molecule has 10 heteroatoms. The lowest BCUT2D eigenvalue weighted by atomic mass is 10.1. The van der Waals surface area contributed by atoms with Gasteiger partial charge in [-0.1, -0.05) is 12.1 Å². The Balaban J connectivity index is 1.31.